The van der Waals surface area contributed by atoms with Crippen molar-refractivity contribution in [1.29, 1.82) is 0 Å². The Labute approximate surface area is 182 Å². The van der Waals surface area contributed by atoms with Crippen LogP contribution in [0.1, 0.15) is 47.9 Å². The summed E-state index contributed by atoms with van der Waals surface area (Å²) in [6.07, 6.45) is 1.53. The fraction of sp³-hybridized carbons (Fsp3) is 0.455. The molecule has 1 aromatic carbocycles. The van der Waals surface area contributed by atoms with Crippen LogP contribution in [0.3, 0.4) is 0 Å². The molecule has 1 aliphatic heterocycles. The molecule has 31 heavy (non-hydrogen) atoms. The number of carbonyl (C=O) groups is 1. The van der Waals surface area contributed by atoms with E-state index in [1.54, 1.807) is 12.1 Å². The van der Waals surface area contributed by atoms with Crippen molar-refractivity contribution in [3.8, 4) is 0 Å². The topological polar surface area (TPSA) is 83.5 Å². The molecule has 4 rings (SSSR count). The quantitative estimate of drug-likeness (QED) is 0.602. The summed E-state index contributed by atoms with van der Waals surface area (Å²) < 4.78 is 7.16. The lowest BCUT2D eigenvalue weighted by Gasteiger charge is -2.38. The molecular formula is C22H29N7O2. The molecule has 3 aromatic rings. The van der Waals surface area contributed by atoms with Crippen LogP contribution in [-0.2, 0) is 0 Å². The normalized spacial score (nSPS) is 16.0. The number of hydrogen-bond acceptors (Lipinski definition) is 7. The third-order valence-corrected chi connectivity index (χ3v) is 5.68. The lowest BCUT2D eigenvalue weighted by atomic mass is 10.0. The van der Waals surface area contributed by atoms with Crippen LogP contribution < -0.4 is 4.90 Å². The highest BCUT2D eigenvalue weighted by Gasteiger charge is 2.32. The van der Waals surface area contributed by atoms with E-state index in [9.17, 15) is 4.79 Å². The molecule has 1 amide bonds. The molecule has 1 saturated heterocycles. The largest absolute Gasteiger partial charge is 0.459 e. The van der Waals surface area contributed by atoms with Gasteiger partial charge in [-0.05, 0) is 54.1 Å². The Kier molecular flexibility index (Phi) is 6.03. The summed E-state index contributed by atoms with van der Waals surface area (Å²) in [7, 11) is 4.06. The highest BCUT2D eigenvalue weighted by atomic mass is 16.3. The molecule has 0 spiro atoms. The molecule has 0 aliphatic carbocycles. The molecule has 0 N–H and O–H groups in total. The summed E-state index contributed by atoms with van der Waals surface area (Å²) in [6, 6.07) is 12.0. The van der Waals surface area contributed by atoms with Gasteiger partial charge in [0.05, 0.1) is 18.3 Å². The molecule has 164 valence electrons. The molecular weight excluding hydrogens is 394 g/mol. The van der Waals surface area contributed by atoms with Gasteiger partial charge in [-0.1, -0.05) is 12.1 Å². The van der Waals surface area contributed by atoms with Crippen molar-refractivity contribution in [3.05, 3.63) is 59.8 Å². The van der Waals surface area contributed by atoms with Crippen molar-refractivity contribution < 1.29 is 9.21 Å². The number of carbonyl (C=O) groups excluding carboxylic acids is 1. The van der Waals surface area contributed by atoms with Gasteiger partial charge in [0, 0.05) is 46.0 Å². The maximum absolute atomic E-state index is 12.7. The van der Waals surface area contributed by atoms with Crippen LogP contribution in [0.2, 0.25) is 0 Å². The van der Waals surface area contributed by atoms with Crippen LogP contribution in [0, 0.1) is 0 Å². The molecule has 3 heterocycles. The SMILES string of the molecule is CC(C)n1nnnc1[C@@H](c1ccc(N(C)C)cc1)N1CCN(C(=O)c2ccco2)CC1. The van der Waals surface area contributed by atoms with Gasteiger partial charge in [0.2, 0.25) is 0 Å². The number of tetrazole rings is 1. The summed E-state index contributed by atoms with van der Waals surface area (Å²) in [5.41, 5.74) is 2.27. The van der Waals surface area contributed by atoms with Gasteiger partial charge in [-0.2, -0.15) is 0 Å². The third kappa shape index (κ3) is 4.32. The molecule has 1 atom stereocenters. The van der Waals surface area contributed by atoms with Gasteiger partial charge in [0.1, 0.15) is 0 Å². The number of furan rings is 1. The van der Waals surface area contributed by atoms with Crippen LogP contribution in [0.4, 0.5) is 5.69 Å². The third-order valence-electron chi connectivity index (χ3n) is 5.68. The Morgan fingerprint density at radius 3 is 2.35 bits per heavy atom. The maximum Gasteiger partial charge on any atom is 0.289 e. The van der Waals surface area contributed by atoms with Gasteiger partial charge < -0.3 is 14.2 Å². The minimum Gasteiger partial charge on any atom is -0.459 e. The number of benzene rings is 1. The zero-order chi connectivity index (χ0) is 22.0. The van der Waals surface area contributed by atoms with Gasteiger partial charge in [-0.15, -0.1) is 5.10 Å². The lowest BCUT2D eigenvalue weighted by molar-refractivity contribution is 0.0558. The van der Waals surface area contributed by atoms with Crippen molar-refractivity contribution >= 4 is 11.6 Å². The van der Waals surface area contributed by atoms with Gasteiger partial charge in [0.25, 0.3) is 5.91 Å². The van der Waals surface area contributed by atoms with E-state index in [1.165, 1.54) is 6.26 Å². The van der Waals surface area contributed by atoms with Gasteiger partial charge in [-0.25, -0.2) is 4.68 Å². The van der Waals surface area contributed by atoms with Crippen LogP contribution in [0.25, 0.3) is 0 Å². The number of piperazine rings is 1. The monoisotopic (exact) mass is 423 g/mol. The van der Waals surface area contributed by atoms with E-state index in [4.69, 9.17) is 4.42 Å². The number of aromatic nitrogens is 4. The highest BCUT2D eigenvalue weighted by Crippen LogP contribution is 2.30. The van der Waals surface area contributed by atoms with E-state index < -0.39 is 0 Å². The minimum atomic E-state index is -0.0884. The predicted molar refractivity (Wildman–Crippen MR) is 117 cm³/mol. The van der Waals surface area contributed by atoms with Crippen molar-refractivity contribution in [2.45, 2.75) is 25.9 Å². The Morgan fingerprint density at radius 1 is 1.06 bits per heavy atom. The molecule has 2 aromatic heterocycles. The minimum absolute atomic E-state index is 0.0662. The van der Waals surface area contributed by atoms with Crippen molar-refractivity contribution in [1.82, 2.24) is 30.0 Å². The molecule has 0 radical (unpaired) electrons. The number of amides is 1. The molecule has 9 heteroatoms. The van der Waals surface area contributed by atoms with E-state index in [2.05, 4.69) is 63.4 Å². The number of anilines is 1. The molecule has 0 unspecified atom stereocenters. The average Bonchev–Trinajstić information content (AvgIpc) is 3.47. The maximum atomic E-state index is 12.7. The standard InChI is InChI=1S/C22H29N7O2/c1-16(2)29-21(23-24-25-29)20(17-7-9-18(10-8-17)26(3)4)27-11-13-28(14-12-27)22(30)19-6-5-15-31-19/h5-10,15-16,20H,11-14H2,1-4H3/t20-/m1/s1. The first-order valence-corrected chi connectivity index (χ1v) is 10.6. The van der Waals surface area contributed by atoms with Crippen molar-refractivity contribution in [2.24, 2.45) is 0 Å². The zero-order valence-corrected chi connectivity index (χ0v) is 18.5. The second-order valence-electron chi connectivity index (χ2n) is 8.27. The van der Waals surface area contributed by atoms with Crippen LogP contribution in [0.15, 0.2) is 47.1 Å². The molecule has 0 saturated carbocycles. The van der Waals surface area contributed by atoms with E-state index in [0.29, 0.717) is 18.8 Å². The van der Waals surface area contributed by atoms with Gasteiger partial charge in [-0.3, -0.25) is 9.69 Å². The summed E-state index contributed by atoms with van der Waals surface area (Å²) in [5.74, 6) is 1.13. The molecule has 0 bridgehead atoms. The summed E-state index contributed by atoms with van der Waals surface area (Å²) in [4.78, 5) is 18.9. The average molecular weight is 424 g/mol. The Bertz CT molecular complexity index is 987. The van der Waals surface area contributed by atoms with Crippen molar-refractivity contribution in [3.63, 3.8) is 0 Å². The first-order chi connectivity index (χ1) is 15.0. The number of hydrogen-bond donors (Lipinski definition) is 0. The second-order valence-corrected chi connectivity index (χ2v) is 8.27. The first-order valence-electron chi connectivity index (χ1n) is 10.6. The second kappa shape index (κ2) is 8.89. The molecule has 9 nitrogen and oxygen atoms in total. The lowest BCUT2D eigenvalue weighted by Crippen LogP contribution is -2.50. The Hall–Kier alpha value is -3.20. The van der Waals surface area contributed by atoms with Crippen LogP contribution >= 0.6 is 0 Å². The van der Waals surface area contributed by atoms with E-state index >= 15 is 0 Å². The highest BCUT2D eigenvalue weighted by molar-refractivity contribution is 5.91. The fourth-order valence-corrected chi connectivity index (χ4v) is 3.97. The first kappa shape index (κ1) is 21.0. The van der Waals surface area contributed by atoms with Crippen molar-refractivity contribution in [2.75, 3.05) is 45.2 Å². The smallest absolute Gasteiger partial charge is 0.289 e. The molecule has 1 fully saturated rings. The fourth-order valence-electron chi connectivity index (χ4n) is 3.97. The number of nitrogens with zero attached hydrogens (tertiary/aromatic N) is 7. The number of rotatable bonds is 6. The molecule has 1 aliphatic rings. The predicted octanol–water partition coefficient (Wildman–Crippen LogP) is 2.46. The zero-order valence-electron chi connectivity index (χ0n) is 18.5. The summed E-state index contributed by atoms with van der Waals surface area (Å²) >= 11 is 0. The van der Waals surface area contributed by atoms with Gasteiger partial charge in [0.15, 0.2) is 11.6 Å². The Morgan fingerprint density at radius 2 is 1.77 bits per heavy atom. The van der Waals surface area contributed by atoms with E-state index in [-0.39, 0.29) is 18.0 Å². The summed E-state index contributed by atoms with van der Waals surface area (Å²) in [5, 5.41) is 12.6. The van der Waals surface area contributed by atoms with Crippen LogP contribution in [-0.4, -0.2) is 76.2 Å². The van der Waals surface area contributed by atoms with E-state index in [0.717, 1.165) is 30.2 Å². The summed E-state index contributed by atoms with van der Waals surface area (Å²) in [6.45, 7) is 6.83. The van der Waals surface area contributed by atoms with Crippen LogP contribution in [0.5, 0.6) is 0 Å². The Balaban J connectivity index is 1.59. The van der Waals surface area contributed by atoms with Gasteiger partial charge >= 0.3 is 0 Å². The van der Waals surface area contributed by atoms with E-state index in [1.807, 2.05) is 23.7 Å².